The van der Waals surface area contributed by atoms with Crippen molar-refractivity contribution >= 4 is 17.8 Å². The maximum Gasteiger partial charge on any atom is 0.294 e. The molecule has 2 aromatic carbocycles. The number of hydrogen-bond acceptors (Lipinski definition) is 5. The average Bonchev–Trinajstić information content (AvgIpc) is 2.61. The number of benzene rings is 2. The van der Waals surface area contributed by atoms with Crippen LogP contribution >= 0.6 is 0 Å². The van der Waals surface area contributed by atoms with Gasteiger partial charge in [0.05, 0.1) is 12.0 Å². The number of para-hydroxylation sites is 1. The molecular weight excluding hydrogens is 322 g/mol. The molecule has 2 aliphatic rings. The van der Waals surface area contributed by atoms with Crippen molar-refractivity contribution in [2.45, 2.75) is 12.7 Å². The molecule has 0 saturated heterocycles. The molecule has 1 unspecified atom stereocenters. The zero-order chi connectivity index (χ0) is 17.6. The first-order valence-electron chi connectivity index (χ1n) is 7.74. The van der Waals surface area contributed by atoms with E-state index in [0.29, 0.717) is 22.8 Å². The summed E-state index contributed by atoms with van der Waals surface area (Å²) in [7, 11) is 1.59. The Labute approximate surface area is 144 Å². The molecule has 1 spiro atoms. The minimum atomic E-state index is -1.09. The lowest BCUT2D eigenvalue weighted by Crippen LogP contribution is -2.44. The second-order valence-corrected chi connectivity index (χ2v) is 5.89. The van der Waals surface area contributed by atoms with Crippen molar-refractivity contribution < 1.29 is 19.1 Å². The predicted molar refractivity (Wildman–Crippen MR) is 92.8 cm³/mol. The third-order valence-electron chi connectivity index (χ3n) is 4.35. The molecule has 0 amide bonds. The standard InChI is InChI=1S/C19H15NO5/c1-12-10-14-11-15(20(21)22)6-7-16(14)24-19(12)9-8-13-4-3-5-17(23-2)18(13)25-19/h3-11H,1-2H3. The summed E-state index contributed by atoms with van der Waals surface area (Å²) in [6.45, 7) is 1.87. The second-order valence-electron chi connectivity index (χ2n) is 5.89. The van der Waals surface area contributed by atoms with E-state index in [0.717, 1.165) is 11.1 Å². The van der Waals surface area contributed by atoms with Gasteiger partial charge in [-0.25, -0.2) is 0 Å². The molecule has 0 aliphatic carbocycles. The molecule has 2 aromatic rings. The number of ether oxygens (including phenoxy) is 3. The van der Waals surface area contributed by atoms with Crippen LogP contribution in [0, 0.1) is 10.1 Å². The quantitative estimate of drug-likeness (QED) is 0.607. The van der Waals surface area contributed by atoms with Gasteiger partial charge < -0.3 is 14.2 Å². The van der Waals surface area contributed by atoms with E-state index < -0.39 is 10.7 Å². The topological polar surface area (TPSA) is 70.8 Å². The smallest absolute Gasteiger partial charge is 0.294 e. The van der Waals surface area contributed by atoms with Crippen LogP contribution in [0.5, 0.6) is 17.2 Å². The van der Waals surface area contributed by atoms with Crippen molar-refractivity contribution in [3.63, 3.8) is 0 Å². The molecule has 6 heteroatoms. The molecule has 2 aliphatic heterocycles. The number of nitro groups is 1. The molecule has 1 atom stereocenters. The van der Waals surface area contributed by atoms with Gasteiger partial charge >= 0.3 is 0 Å². The van der Waals surface area contributed by atoms with Crippen LogP contribution in [-0.4, -0.2) is 17.8 Å². The Balaban J connectivity index is 1.78. The van der Waals surface area contributed by atoms with E-state index in [1.165, 1.54) is 12.1 Å². The average molecular weight is 337 g/mol. The van der Waals surface area contributed by atoms with Gasteiger partial charge in [0.2, 0.25) is 0 Å². The Bertz CT molecular complexity index is 947. The summed E-state index contributed by atoms with van der Waals surface area (Å²) in [6, 6.07) is 10.1. The van der Waals surface area contributed by atoms with Crippen LogP contribution in [0.3, 0.4) is 0 Å². The summed E-state index contributed by atoms with van der Waals surface area (Å²) in [5.74, 6) is 0.655. The van der Waals surface area contributed by atoms with E-state index in [-0.39, 0.29) is 5.69 Å². The molecule has 4 rings (SSSR count). The van der Waals surface area contributed by atoms with Gasteiger partial charge in [0.15, 0.2) is 11.5 Å². The van der Waals surface area contributed by atoms with Crippen molar-refractivity contribution in [3.8, 4) is 17.2 Å². The Kier molecular flexibility index (Phi) is 3.28. The predicted octanol–water partition coefficient (Wildman–Crippen LogP) is 4.20. The molecule has 0 N–H and O–H groups in total. The van der Waals surface area contributed by atoms with E-state index in [1.807, 2.05) is 43.4 Å². The van der Waals surface area contributed by atoms with Crippen LogP contribution in [0.1, 0.15) is 18.1 Å². The third kappa shape index (κ3) is 2.34. The fraction of sp³-hybridized carbons (Fsp3) is 0.158. The molecule has 2 heterocycles. The number of non-ortho nitro benzene ring substituents is 1. The summed E-state index contributed by atoms with van der Waals surface area (Å²) >= 11 is 0. The summed E-state index contributed by atoms with van der Waals surface area (Å²) in [6.07, 6.45) is 5.61. The van der Waals surface area contributed by atoms with Crippen LogP contribution in [0.4, 0.5) is 5.69 Å². The largest absolute Gasteiger partial charge is 0.493 e. The number of hydrogen-bond donors (Lipinski definition) is 0. The number of fused-ring (bicyclic) bond motifs is 2. The van der Waals surface area contributed by atoms with Gasteiger partial charge in [-0.15, -0.1) is 0 Å². The van der Waals surface area contributed by atoms with Crippen molar-refractivity contribution in [2.24, 2.45) is 0 Å². The summed E-state index contributed by atoms with van der Waals surface area (Å²) < 4.78 is 17.7. The SMILES string of the molecule is COc1cccc2c1OC1(C=C2)Oc2ccc([N+](=O)[O-])cc2C=C1C. The van der Waals surface area contributed by atoms with Crippen LogP contribution in [0.2, 0.25) is 0 Å². The minimum Gasteiger partial charge on any atom is -0.493 e. The fourth-order valence-corrected chi connectivity index (χ4v) is 3.02. The van der Waals surface area contributed by atoms with Gasteiger partial charge in [-0.2, -0.15) is 0 Å². The first-order chi connectivity index (χ1) is 12.0. The van der Waals surface area contributed by atoms with Crippen molar-refractivity contribution in [3.05, 3.63) is 69.3 Å². The summed E-state index contributed by atoms with van der Waals surface area (Å²) in [4.78, 5) is 10.5. The van der Waals surface area contributed by atoms with E-state index in [4.69, 9.17) is 14.2 Å². The molecule has 0 fully saturated rings. The van der Waals surface area contributed by atoms with Gasteiger partial charge in [-0.1, -0.05) is 12.1 Å². The van der Waals surface area contributed by atoms with Crippen molar-refractivity contribution in [1.29, 1.82) is 0 Å². The highest BCUT2D eigenvalue weighted by Gasteiger charge is 2.41. The van der Waals surface area contributed by atoms with Gasteiger partial charge in [0.1, 0.15) is 5.75 Å². The summed E-state index contributed by atoms with van der Waals surface area (Å²) in [5.41, 5.74) is 2.36. The Morgan fingerprint density at radius 3 is 2.76 bits per heavy atom. The minimum absolute atomic E-state index is 0.0227. The zero-order valence-corrected chi connectivity index (χ0v) is 13.7. The number of nitrogens with zero attached hydrogens (tertiary/aromatic N) is 1. The third-order valence-corrected chi connectivity index (χ3v) is 4.35. The highest BCUT2D eigenvalue weighted by atomic mass is 16.7. The van der Waals surface area contributed by atoms with E-state index >= 15 is 0 Å². The molecule has 6 nitrogen and oxygen atoms in total. The number of methoxy groups -OCH3 is 1. The Morgan fingerprint density at radius 1 is 1.16 bits per heavy atom. The molecule has 0 aromatic heterocycles. The molecule has 0 saturated carbocycles. The van der Waals surface area contributed by atoms with Gasteiger partial charge in [0.25, 0.3) is 11.5 Å². The summed E-state index contributed by atoms with van der Waals surface area (Å²) in [5, 5.41) is 11.0. The van der Waals surface area contributed by atoms with Crippen LogP contribution < -0.4 is 14.2 Å². The van der Waals surface area contributed by atoms with Crippen molar-refractivity contribution in [1.82, 2.24) is 0 Å². The lowest BCUT2D eigenvalue weighted by molar-refractivity contribution is -0.384. The molecule has 126 valence electrons. The first-order valence-corrected chi connectivity index (χ1v) is 7.74. The molecular formula is C19H15NO5. The van der Waals surface area contributed by atoms with Crippen LogP contribution in [0.25, 0.3) is 12.2 Å². The van der Waals surface area contributed by atoms with E-state index in [9.17, 15) is 10.1 Å². The van der Waals surface area contributed by atoms with Gasteiger partial charge in [0, 0.05) is 34.9 Å². The Hall–Kier alpha value is -3.28. The number of rotatable bonds is 2. The lowest BCUT2D eigenvalue weighted by atomic mass is 9.96. The van der Waals surface area contributed by atoms with Crippen molar-refractivity contribution in [2.75, 3.05) is 7.11 Å². The molecule has 25 heavy (non-hydrogen) atoms. The maximum atomic E-state index is 11.0. The second kappa shape index (κ2) is 5.37. The highest BCUT2D eigenvalue weighted by Crippen LogP contribution is 2.45. The highest BCUT2D eigenvalue weighted by molar-refractivity contribution is 5.71. The number of nitro benzene ring substituents is 1. The first kappa shape index (κ1) is 15.3. The molecule has 0 radical (unpaired) electrons. The van der Waals surface area contributed by atoms with Crippen LogP contribution in [-0.2, 0) is 0 Å². The lowest BCUT2D eigenvalue weighted by Gasteiger charge is -2.38. The Morgan fingerprint density at radius 2 is 2.00 bits per heavy atom. The van der Waals surface area contributed by atoms with E-state index in [1.54, 1.807) is 13.2 Å². The monoisotopic (exact) mass is 337 g/mol. The van der Waals surface area contributed by atoms with E-state index in [2.05, 4.69) is 0 Å². The maximum absolute atomic E-state index is 11.0. The zero-order valence-electron chi connectivity index (χ0n) is 13.7. The van der Waals surface area contributed by atoms with Crippen LogP contribution in [0.15, 0.2) is 48.0 Å². The molecule has 0 bridgehead atoms. The van der Waals surface area contributed by atoms with Gasteiger partial charge in [-0.05, 0) is 31.2 Å². The fourth-order valence-electron chi connectivity index (χ4n) is 3.02. The normalized spacial score (nSPS) is 20.0. The van der Waals surface area contributed by atoms with Gasteiger partial charge in [-0.3, -0.25) is 10.1 Å².